The summed E-state index contributed by atoms with van der Waals surface area (Å²) in [5.74, 6) is 0.610. The second-order valence-corrected chi connectivity index (χ2v) is 5.98. The Morgan fingerprint density at radius 1 is 0.850 bits per heavy atom. The fraction of sp³-hybridized carbons (Fsp3) is 0.368. The Morgan fingerprint density at radius 2 is 1.45 bits per heavy atom. The number of hydrogen-bond acceptors (Lipinski definition) is 0. The largest absolute Gasteiger partial charge is 0.211 e. The Bertz CT molecular complexity index is 499. The molecule has 0 fully saturated rings. The van der Waals surface area contributed by atoms with Gasteiger partial charge in [-0.1, -0.05) is 98.5 Å². The van der Waals surface area contributed by atoms with Crippen LogP contribution in [0.25, 0.3) is 0 Å². The van der Waals surface area contributed by atoms with Gasteiger partial charge in [0.1, 0.15) is 0 Å². The summed E-state index contributed by atoms with van der Waals surface area (Å²) in [4.78, 5) is 0. The lowest BCUT2D eigenvalue weighted by molar-refractivity contribution is 0.795. The number of rotatable bonds is 6. The van der Waals surface area contributed by atoms with Crippen molar-refractivity contribution >= 4 is 17.6 Å². The van der Waals surface area contributed by atoms with E-state index in [0.29, 0.717) is 12.5 Å². The summed E-state index contributed by atoms with van der Waals surface area (Å²) in [6.45, 7) is 7.36. The molecule has 0 radical (unpaired) electrons. The molecule has 0 aliphatic carbocycles. The number of hydrogen-bond donors (Lipinski definition) is 0. The third kappa shape index (κ3) is 3.76. The Kier molecular flexibility index (Phi) is 5.46. The molecular weight excluding hydrogens is 239 g/mol. The van der Waals surface area contributed by atoms with E-state index >= 15 is 0 Å². The van der Waals surface area contributed by atoms with Gasteiger partial charge in [-0.25, -0.2) is 0 Å². The first-order chi connectivity index (χ1) is 9.72. The zero-order valence-corrected chi connectivity index (χ0v) is 13.0. The minimum atomic E-state index is 0.497. The van der Waals surface area contributed by atoms with Crippen molar-refractivity contribution in [2.45, 2.75) is 45.9 Å². The van der Waals surface area contributed by atoms with Crippen molar-refractivity contribution in [3.05, 3.63) is 60.2 Å². The summed E-state index contributed by atoms with van der Waals surface area (Å²) in [7, 11) is 0. The van der Waals surface area contributed by atoms with Crippen LogP contribution >= 0.6 is 0 Å². The zero-order chi connectivity index (χ0) is 14.4. The SMILES string of the molecule is CCCCc1ccc(B(c2ccccc2)C(C)C)cc1. The van der Waals surface area contributed by atoms with E-state index in [1.807, 2.05) is 0 Å². The van der Waals surface area contributed by atoms with Gasteiger partial charge >= 0.3 is 0 Å². The molecule has 0 atom stereocenters. The lowest BCUT2D eigenvalue weighted by Gasteiger charge is -2.18. The lowest BCUT2D eigenvalue weighted by atomic mass is 9.34. The molecule has 2 aromatic carbocycles. The minimum Gasteiger partial charge on any atom is -0.0739 e. The summed E-state index contributed by atoms with van der Waals surface area (Å²) < 4.78 is 0. The number of aryl methyl sites for hydroxylation is 1. The Hall–Kier alpha value is -1.50. The Balaban J connectivity index is 2.22. The van der Waals surface area contributed by atoms with E-state index < -0.39 is 0 Å². The van der Waals surface area contributed by atoms with Crippen LogP contribution in [-0.4, -0.2) is 6.71 Å². The second-order valence-electron chi connectivity index (χ2n) is 5.98. The van der Waals surface area contributed by atoms with Gasteiger partial charge in [0.15, 0.2) is 0 Å². The molecule has 0 bridgehead atoms. The molecule has 20 heavy (non-hydrogen) atoms. The van der Waals surface area contributed by atoms with Crippen molar-refractivity contribution in [3.63, 3.8) is 0 Å². The molecule has 0 amide bonds. The van der Waals surface area contributed by atoms with Gasteiger partial charge in [0.2, 0.25) is 6.71 Å². The highest BCUT2D eigenvalue weighted by atomic mass is 14.0. The van der Waals surface area contributed by atoms with Crippen LogP contribution in [0.4, 0.5) is 0 Å². The van der Waals surface area contributed by atoms with Crippen LogP contribution in [0.5, 0.6) is 0 Å². The van der Waals surface area contributed by atoms with Gasteiger partial charge in [0.05, 0.1) is 0 Å². The van der Waals surface area contributed by atoms with Crippen LogP contribution < -0.4 is 10.9 Å². The first-order valence-corrected chi connectivity index (χ1v) is 7.86. The first-order valence-electron chi connectivity index (χ1n) is 7.86. The third-order valence-electron chi connectivity index (χ3n) is 3.98. The van der Waals surface area contributed by atoms with Crippen LogP contribution in [0.2, 0.25) is 5.82 Å². The molecule has 0 N–H and O–H groups in total. The van der Waals surface area contributed by atoms with Crippen molar-refractivity contribution in [3.8, 4) is 0 Å². The highest BCUT2D eigenvalue weighted by Gasteiger charge is 2.22. The van der Waals surface area contributed by atoms with Gasteiger partial charge in [0, 0.05) is 0 Å². The normalized spacial score (nSPS) is 10.8. The third-order valence-corrected chi connectivity index (χ3v) is 3.98. The van der Waals surface area contributed by atoms with E-state index in [-0.39, 0.29) is 0 Å². The van der Waals surface area contributed by atoms with Gasteiger partial charge in [-0.15, -0.1) is 0 Å². The Labute approximate surface area is 124 Å². The molecule has 0 saturated carbocycles. The van der Waals surface area contributed by atoms with Crippen LogP contribution in [0.15, 0.2) is 54.6 Å². The molecule has 0 unspecified atom stereocenters. The molecule has 0 spiro atoms. The van der Waals surface area contributed by atoms with E-state index in [1.54, 1.807) is 0 Å². The summed E-state index contributed by atoms with van der Waals surface area (Å²) in [6, 6.07) is 20.1. The maximum Gasteiger partial charge on any atom is 0.211 e. The van der Waals surface area contributed by atoms with E-state index in [4.69, 9.17) is 0 Å². The molecule has 0 aromatic heterocycles. The van der Waals surface area contributed by atoms with Crippen molar-refractivity contribution in [2.24, 2.45) is 0 Å². The summed E-state index contributed by atoms with van der Waals surface area (Å²) >= 11 is 0. The lowest BCUT2D eigenvalue weighted by Crippen LogP contribution is -2.44. The van der Waals surface area contributed by atoms with Gasteiger partial charge in [-0.3, -0.25) is 0 Å². The van der Waals surface area contributed by atoms with Crippen molar-refractivity contribution in [1.82, 2.24) is 0 Å². The quantitative estimate of drug-likeness (QED) is 0.690. The maximum atomic E-state index is 2.32. The molecule has 104 valence electrons. The summed E-state index contributed by atoms with van der Waals surface area (Å²) in [5.41, 5.74) is 4.32. The van der Waals surface area contributed by atoms with Crippen molar-refractivity contribution < 1.29 is 0 Å². The Morgan fingerprint density at radius 3 is 2.00 bits per heavy atom. The molecule has 0 aliphatic heterocycles. The predicted molar refractivity (Wildman–Crippen MR) is 91.6 cm³/mol. The minimum absolute atomic E-state index is 0.497. The highest BCUT2D eigenvalue weighted by Crippen LogP contribution is 2.10. The number of benzene rings is 2. The van der Waals surface area contributed by atoms with Crippen LogP contribution in [0, 0.1) is 0 Å². The molecule has 0 nitrogen and oxygen atoms in total. The highest BCUT2D eigenvalue weighted by molar-refractivity contribution is 6.86. The van der Waals surface area contributed by atoms with E-state index in [0.717, 1.165) is 0 Å². The molecule has 0 heterocycles. The van der Waals surface area contributed by atoms with Gasteiger partial charge in [-0.2, -0.15) is 0 Å². The molecular formula is C19H25B. The van der Waals surface area contributed by atoms with Gasteiger partial charge < -0.3 is 0 Å². The summed E-state index contributed by atoms with van der Waals surface area (Å²) in [5, 5.41) is 0. The zero-order valence-electron chi connectivity index (χ0n) is 13.0. The smallest absolute Gasteiger partial charge is 0.0739 e. The topological polar surface area (TPSA) is 0 Å². The van der Waals surface area contributed by atoms with Crippen LogP contribution in [0.3, 0.4) is 0 Å². The molecule has 2 aromatic rings. The van der Waals surface area contributed by atoms with E-state index in [1.165, 1.54) is 35.8 Å². The first kappa shape index (κ1) is 14.9. The second kappa shape index (κ2) is 7.33. The molecule has 0 saturated heterocycles. The monoisotopic (exact) mass is 264 g/mol. The van der Waals surface area contributed by atoms with Crippen LogP contribution in [-0.2, 0) is 6.42 Å². The average molecular weight is 264 g/mol. The number of unbranched alkanes of at least 4 members (excludes halogenated alkanes) is 1. The van der Waals surface area contributed by atoms with Crippen LogP contribution in [0.1, 0.15) is 39.2 Å². The molecule has 0 aliphatic rings. The van der Waals surface area contributed by atoms with Crippen molar-refractivity contribution in [1.29, 1.82) is 0 Å². The molecule has 2 rings (SSSR count). The van der Waals surface area contributed by atoms with E-state index in [9.17, 15) is 0 Å². The van der Waals surface area contributed by atoms with Crippen molar-refractivity contribution in [2.75, 3.05) is 0 Å². The fourth-order valence-electron chi connectivity index (χ4n) is 2.90. The average Bonchev–Trinajstić information content (AvgIpc) is 2.47. The fourth-order valence-corrected chi connectivity index (χ4v) is 2.90. The summed E-state index contributed by atoms with van der Waals surface area (Å²) in [6.07, 6.45) is 3.75. The standard InChI is InChI=1S/C19H25B/c1-4-5-9-17-12-14-19(15-13-17)20(16(2)3)18-10-7-6-8-11-18/h6-8,10-16H,4-5,9H2,1-3H3. The van der Waals surface area contributed by atoms with Gasteiger partial charge in [0.25, 0.3) is 0 Å². The maximum absolute atomic E-state index is 2.32. The molecule has 1 heteroatoms. The van der Waals surface area contributed by atoms with E-state index in [2.05, 4.69) is 75.4 Å². The van der Waals surface area contributed by atoms with Gasteiger partial charge in [-0.05, 0) is 18.4 Å². The predicted octanol–water partition coefficient (Wildman–Crippen LogP) is 4.05.